The summed E-state index contributed by atoms with van der Waals surface area (Å²) in [7, 11) is 0. The van der Waals surface area contributed by atoms with E-state index in [1.807, 2.05) is 0 Å². The maximum Gasteiger partial charge on any atom is 0.262 e. The van der Waals surface area contributed by atoms with E-state index in [2.05, 4.69) is 15.3 Å². The van der Waals surface area contributed by atoms with Crippen molar-refractivity contribution in [3.8, 4) is 17.0 Å². The zero-order valence-corrected chi connectivity index (χ0v) is 10.7. The normalized spacial score (nSPS) is 18.4. The van der Waals surface area contributed by atoms with Gasteiger partial charge in [0.25, 0.3) is 5.56 Å². The van der Waals surface area contributed by atoms with Crippen LogP contribution in [0.3, 0.4) is 0 Å². The first kappa shape index (κ1) is 12.8. The zero-order chi connectivity index (χ0) is 14.1. The van der Waals surface area contributed by atoms with Crippen LogP contribution in [0.15, 0.2) is 29.1 Å². The second kappa shape index (κ2) is 5.05. The van der Waals surface area contributed by atoms with Crippen molar-refractivity contribution in [2.45, 2.75) is 18.9 Å². The number of H-pyrrole nitrogens is 1. The van der Waals surface area contributed by atoms with E-state index in [0.717, 1.165) is 19.4 Å². The second-order valence-corrected chi connectivity index (χ2v) is 4.78. The van der Waals surface area contributed by atoms with Crippen LogP contribution in [-0.4, -0.2) is 21.6 Å². The Morgan fingerprint density at radius 2 is 2.15 bits per heavy atom. The van der Waals surface area contributed by atoms with Crippen molar-refractivity contribution in [1.82, 2.24) is 15.3 Å². The Balaban J connectivity index is 2.10. The minimum absolute atomic E-state index is 0.0460. The van der Waals surface area contributed by atoms with Crippen molar-refractivity contribution in [2.24, 2.45) is 0 Å². The van der Waals surface area contributed by atoms with Crippen molar-refractivity contribution in [1.29, 1.82) is 0 Å². The van der Waals surface area contributed by atoms with Crippen molar-refractivity contribution in [3.63, 3.8) is 0 Å². The van der Waals surface area contributed by atoms with E-state index in [1.165, 1.54) is 18.2 Å². The minimum Gasteiger partial charge on any atom is -0.493 e. The average Bonchev–Trinajstić information content (AvgIpc) is 2.94. The summed E-state index contributed by atoms with van der Waals surface area (Å²) in [4.78, 5) is 18.8. The van der Waals surface area contributed by atoms with Gasteiger partial charge in [-0.15, -0.1) is 0 Å². The van der Waals surface area contributed by atoms with Gasteiger partial charge in [0, 0.05) is 5.56 Å². The topological polar surface area (TPSA) is 78.0 Å². The van der Waals surface area contributed by atoms with E-state index in [4.69, 9.17) is 0 Å². The quantitative estimate of drug-likeness (QED) is 0.779. The molecule has 0 aliphatic carbocycles. The van der Waals surface area contributed by atoms with Gasteiger partial charge in [-0.05, 0) is 25.5 Å². The molecule has 3 N–H and O–H groups in total. The van der Waals surface area contributed by atoms with Gasteiger partial charge in [0.1, 0.15) is 17.2 Å². The number of benzene rings is 1. The van der Waals surface area contributed by atoms with Crippen molar-refractivity contribution in [3.05, 3.63) is 46.3 Å². The molecule has 1 aromatic heterocycles. The molecule has 0 saturated carbocycles. The highest BCUT2D eigenvalue weighted by atomic mass is 19.1. The highest BCUT2D eigenvalue weighted by molar-refractivity contribution is 5.67. The predicted molar refractivity (Wildman–Crippen MR) is 71.9 cm³/mol. The maximum atomic E-state index is 13.7. The molecule has 1 unspecified atom stereocenters. The van der Waals surface area contributed by atoms with Gasteiger partial charge in [0.05, 0.1) is 6.04 Å². The SMILES string of the molecule is O=c1[nH]c(C2CCCN2)nc(O)c1-c1ccccc1F. The van der Waals surface area contributed by atoms with Crippen LogP contribution < -0.4 is 10.9 Å². The molecule has 5 nitrogen and oxygen atoms in total. The summed E-state index contributed by atoms with van der Waals surface area (Å²) in [6.45, 7) is 0.851. The Morgan fingerprint density at radius 3 is 2.80 bits per heavy atom. The highest BCUT2D eigenvalue weighted by Crippen LogP contribution is 2.27. The fraction of sp³-hybridized carbons (Fsp3) is 0.286. The highest BCUT2D eigenvalue weighted by Gasteiger charge is 2.22. The molecule has 0 radical (unpaired) electrons. The average molecular weight is 275 g/mol. The molecule has 0 amide bonds. The molecule has 3 rings (SSSR count). The Labute approximate surface area is 114 Å². The van der Waals surface area contributed by atoms with E-state index in [-0.39, 0.29) is 17.2 Å². The summed E-state index contributed by atoms with van der Waals surface area (Å²) in [5, 5.41) is 13.2. The van der Waals surface area contributed by atoms with Crippen LogP contribution in [0, 0.1) is 5.82 Å². The maximum absolute atomic E-state index is 13.7. The number of hydrogen-bond acceptors (Lipinski definition) is 4. The molecule has 0 bridgehead atoms. The fourth-order valence-electron chi connectivity index (χ4n) is 2.47. The zero-order valence-electron chi connectivity index (χ0n) is 10.7. The van der Waals surface area contributed by atoms with Crippen LogP contribution in [0.1, 0.15) is 24.7 Å². The van der Waals surface area contributed by atoms with Crippen molar-refractivity contribution < 1.29 is 9.50 Å². The monoisotopic (exact) mass is 275 g/mol. The number of aromatic amines is 1. The largest absolute Gasteiger partial charge is 0.493 e. The third kappa shape index (κ3) is 2.18. The molecular weight excluding hydrogens is 261 g/mol. The van der Waals surface area contributed by atoms with Crippen molar-refractivity contribution in [2.75, 3.05) is 6.54 Å². The van der Waals surface area contributed by atoms with Crippen LogP contribution in [-0.2, 0) is 0 Å². The number of aromatic hydroxyl groups is 1. The van der Waals surface area contributed by atoms with Gasteiger partial charge in [-0.3, -0.25) is 4.79 Å². The van der Waals surface area contributed by atoms with Crippen LogP contribution in [0.4, 0.5) is 4.39 Å². The molecule has 2 heterocycles. The summed E-state index contributed by atoms with van der Waals surface area (Å²) in [6.07, 6.45) is 1.84. The fourth-order valence-corrected chi connectivity index (χ4v) is 2.47. The molecule has 104 valence electrons. The molecule has 2 aromatic rings. The predicted octanol–water partition coefficient (Wildman–Crippen LogP) is 1.71. The van der Waals surface area contributed by atoms with Gasteiger partial charge in [0.15, 0.2) is 0 Å². The molecule has 20 heavy (non-hydrogen) atoms. The van der Waals surface area contributed by atoms with Gasteiger partial charge < -0.3 is 15.4 Å². The van der Waals surface area contributed by atoms with Crippen LogP contribution in [0.2, 0.25) is 0 Å². The standard InChI is InChI=1S/C14H14FN3O2/c15-9-5-2-1-4-8(9)11-13(19)17-12(18-14(11)20)10-6-3-7-16-10/h1-2,4-5,10,16H,3,6-7H2,(H2,17,18,19,20). The molecule has 0 spiro atoms. The van der Waals surface area contributed by atoms with Crippen LogP contribution in [0.25, 0.3) is 11.1 Å². The first-order valence-corrected chi connectivity index (χ1v) is 6.48. The third-order valence-corrected chi connectivity index (χ3v) is 3.45. The van der Waals surface area contributed by atoms with Gasteiger partial charge in [0.2, 0.25) is 5.88 Å². The van der Waals surface area contributed by atoms with E-state index in [9.17, 15) is 14.3 Å². The third-order valence-electron chi connectivity index (χ3n) is 3.45. The molecular formula is C14H14FN3O2. The van der Waals surface area contributed by atoms with E-state index in [1.54, 1.807) is 6.07 Å². The van der Waals surface area contributed by atoms with E-state index < -0.39 is 17.3 Å². The summed E-state index contributed by atoms with van der Waals surface area (Å²) < 4.78 is 13.7. The van der Waals surface area contributed by atoms with Gasteiger partial charge >= 0.3 is 0 Å². The lowest BCUT2D eigenvalue weighted by molar-refractivity contribution is 0.443. The van der Waals surface area contributed by atoms with Crippen LogP contribution in [0.5, 0.6) is 5.88 Å². The molecule has 1 atom stereocenters. The number of aromatic nitrogens is 2. The molecule has 1 saturated heterocycles. The number of nitrogens with zero attached hydrogens (tertiary/aromatic N) is 1. The number of hydrogen-bond donors (Lipinski definition) is 3. The lowest BCUT2D eigenvalue weighted by Crippen LogP contribution is -2.21. The molecule has 1 aliphatic heterocycles. The number of nitrogens with one attached hydrogen (secondary N) is 2. The number of halogens is 1. The minimum atomic E-state index is -0.568. The first-order chi connectivity index (χ1) is 9.66. The van der Waals surface area contributed by atoms with Gasteiger partial charge in [-0.2, -0.15) is 4.98 Å². The second-order valence-electron chi connectivity index (χ2n) is 4.78. The summed E-state index contributed by atoms with van der Waals surface area (Å²) >= 11 is 0. The Bertz CT molecular complexity index is 693. The summed E-state index contributed by atoms with van der Waals surface area (Å²) in [6, 6.07) is 5.73. The van der Waals surface area contributed by atoms with Crippen molar-refractivity contribution >= 4 is 0 Å². The molecule has 1 aliphatic rings. The summed E-state index contributed by atoms with van der Waals surface area (Å²) in [5.41, 5.74) is -0.624. The van der Waals surface area contributed by atoms with E-state index >= 15 is 0 Å². The Morgan fingerprint density at radius 1 is 1.35 bits per heavy atom. The van der Waals surface area contributed by atoms with Gasteiger partial charge in [-0.25, -0.2) is 4.39 Å². The molecule has 1 fully saturated rings. The number of rotatable bonds is 2. The van der Waals surface area contributed by atoms with E-state index in [0.29, 0.717) is 5.82 Å². The first-order valence-electron chi connectivity index (χ1n) is 6.48. The summed E-state index contributed by atoms with van der Waals surface area (Å²) in [5.74, 6) is -0.616. The lowest BCUT2D eigenvalue weighted by atomic mass is 10.1. The smallest absolute Gasteiger partial charge is 0.262 e. The van der Waals surface area contributed by atoms with Crippen LogP contribution >= 0.6 is 0 Å². The van der Waals surface area contributed by atoms with Gasteiger partial charge in [-0.1, -0.05) is 18.2 Å². The Kier molecular flexibility index (Phi) is 3.23. The molecule has 1 aromatic carbocycles. The Hall–Kier alpha value is -2.21. The lowest BCUT2D eigenvalue weighted by Gasteiger charge is -2.11. The molecule has 6 heteroatoms.